The fourth-order valence-corrected chi connectivity index (χ4v) is 2.02. The lowest BCUT2D eigenvalue weighted by Crippen LogP contribution is -2.45. The van der Waals surface area contributed by atoms with Gasteiger partial charge in [0.05, 0.1) is 6.10 Å². The van der Waals surface area contributed by atoms with E-state index in [1.54, 1.807) is 4.90 Å². The van der Waals surface area contributed by atoms with Crippen LogP contribution in [-0.2, 0) is 14.3 Å². The third kappa shape index (κ3) is 1.95. The van der Waals surface area contributed by atoms with Crippen LogP contribution in [-0.4, -0.2) is 42.4 Å². The summed E-state index contributed by atoms with van der Waals surface area (Å²) in [5.74, 6) is -0.555. The summed E-state index contributed by atoms with van der Waals surface area (Å²) >= 11 is 0. The van der Waals surface area contributed by atoms with E-state index >= 15 is 0 Å². The van der Waals surface area contributed by atoms with E-state index in [0.717, 1.165) is 25.9 Å². The van der Waals surface area contributed by atoms with Crippen LogP contribution in [0.1, 0.15) is 25.7 Å². The smallest absolute Gasteiger partial charge is 0.290 e. The largest absolute Gasteiger partial charge is 0.376 e. The van der Waals surface area contributed by atoms with Crippen molar-refractivity contribution in [3.63, 3.8) is 0 Å². The summed E-state index contributed by atoms with van der Waals surface area (Å²) in [5.41, 5.74) is 0. The van der Waals surface area contributed by atoms with E-state index in [-0.39, 0.29) is 17.8 Å². The van der Waals surface area contributed by atoms with Crippen LogP contribution in [0.15, 0.2) is 0 Å². The zero-order valence-electron chi connectivity index (χ0n) is 8.20. The maximum absolute atomic E-state index is 11.4. The van der Waals surface area contributed by atoms with Crippen LogP contribution >= 0.6 is 0 Å². The van der Waals surface area contributed by atoms with Crippen molar-refractivity contribution in [1.82, 2.24) is 4.90 Å². The first kappa shape index (κ1) is 9.65. The number of carbonyl (C=O) groups excluding carboxylic acids is 2. The molecule has 2 saturated heterocycles. The van der Waals surface area contributed by atoms with Crippen molar-refractivity contribution in [2.75, 3.05) is 19.7 Å². The molecule has 0 aliphatic carbocycles. The average molecular weight is 197 g/mol. The van der Waals surface area contributed by atoms with E-state index in [2.05, 4.69) is 0 Å². The van der Waals surface area contributed by atoms with Gasteiger partial charge in [-0.3, -0.25) is 9.59 Å². The minimum Gasteiger partial charge on any atom is -0.376 e. The molecule has 14 heavy (non-hydrogen) atoms. The van der Waals surface area contributed by atoms with E-state index in [1.807, 2.05) is 0 Å². The van der Waals surface area contributed by atoms with E-state index in [0.29, 0.717) is 19.5 Å². The first-order chi connectivity index (χ1) is 6.77. The van der Waals surface area contributed by atoms with E-state index < -0.39 is 0 Å². The van der Waals surface area contributed by atoms with Gasteiger partial charge >= 0.3 is 0 Å². The van der Waals surface area contributed by atoms with Crippen LogP contribution in [0.2, 0.25) is 0 Å². The van der Waals surface area contributed by atoms with Gasteiger partial charge in [0.2, 0.25) is 5.78 Å². The Hall–Kier alpha value is -0.900. The molecule has 2 fully saturated rings. The van der Waals surface area contributed by atoms with Gasteiger partial charge in [-0.2, -0.15) is 0 Å². The van der Waals surface area contributed by atoms with Crippen LogP contribution in [0.25, 0.3) is 0 Å². The number of amides is 1. The van der Waals surface area contributed by atoms with Gasteiger partial charge in [-0.1, -0.05) is 0 Å². The fourth-order valence-electron chi connectivity index (χ4n) is 2.02. The summed E-state index contributed by atoms with van der Waals surface area (Å²) < 4.78 is 5.43. The summed E-state index contributed by atoms with van der Waals surface area (Å²) in [6.07, 6.45) is 3.46. The monoisotopic (exact) mass is 197 g/mol. The van der Waals surface area contributed by atoms with E-state index in [1.165, 1.54) is 0 Å². The molecule has 1 unspecified atom stereocenters. The Labute approximate surface area is 83.2 Å². The van der Waals surface area contributed by atoms with Crippen LogP contribution in [0.3, 0.4) is 0 Å². The summed E-state index contributed by atoms with van der Waals surface area (Å²) in [6.45, 7) is 2.11. The number of ketones is 1. The van der Waals surface area contributed by atoms with Gasteiger partial charge in [-0.15, -0.1) is 0 Å². The van der Waals surface area contributed by atoms with Crippen molar-refractivity contribution < 1.29 is 14.3 Å². The zero-order chi connectivity index (χ0) is 9.97. The lowest BCUT2D eigenvalue weighted by molar-refractivity contribution is -0.148. The zero-order valence-corrected chi connectivity index (χ0v) is 8.20. The highest BCUT2D eigenvalue weighted by Crippen LogP contribution is 2.16. The van der Waals surface area contributed by atoms with Crippen LogP contribution in [0.5, 0.6) is 0 Å². The van der Waals surface area contributed by atoms with Crippen molar-refractivity contribution in [1.29, 1.82) is 0 Å². The second kappa shape index (κ2) is 4.09. The number of nitrogens with zero attached hydrogens (tertiary/aromatic N) is 1. The molecular formula is C10H15NO3. The molecule has 1 atom stereocenters. The number of Topliss-reactive ketones (excluding diaryl/α,β-unsaturated/α-hetero) is 1. The number of hydrogen-bond acceptors (Lipinski definition) is 3. The lowest BCUT2D eigenvalue weighted by Gasteiger charge is -2.27. The minimum absolute atomic E-state index is 0.157. The number of rotatable bonds is 2. The Morgan fingerprint density at radius 3 is 2.93 bits per heavy atom. The Morgan fingerprint density at radius 1 is 1.36 bits per heavy atom. The molecule has 0 bridgehead atoms. The van der Waals surface area contributed by atoms with Gasteiger partial charge < -0.3 is 9.64 Å². The van der Waals surface area contributed by atoms with Crippen molar-refractivity contribution in [2.24, 2.45) is 0 Å². The Kier molecular flexibility index (Phi) is 2.82. The summed E-state index contributed by atoms with van der Waals surface area (Å²) in [6, 6.07) is 0. The third-order valence-electron chi connectivity index (χ3n) is 2.81. The molecule has 2 aliphatic rings. The first-order valence-corrected chi connectivity index (χ1v) is 5.21. The molecule has 0 radical (unpaired) electrons. The quantitative estimate of drug-likeness (QED) is 0.600. The molecule has 0 spiro atoms. The number of hydrogen-bond donors (Lipinski definition) is 0. The number of likely N-dealkylation sites (tertiary alicyclic amines) is 1. The predicted octanol–water partition coefficient (Wildman–Crippen LogP) is 0.357. The molecule has 78 valence electrons. The number of piperidine rings is 1. The first-order valence-electron chi connectivity index (χ1n) is 5.21. The van der Waals surface area contributed by atoms with Crippen LogP contribution in [0.4, 0.5) is 0 Å². The van der Waals surface area contributed by atoms with Gasteiger partial charge in [-0.05, 0) is 19.3 Å². The lowest BCUT2D eigenvalue weighted by atomic mass is 10.1. The molecule has 0 aromatic heterocycles. The average Bonchev–Trinajstić information content (AvgIpc) is 2.66. The Morgan fingerprint density at radius 2 is 2.21 bits per heavy atom. The number of carbonyl (C=O) groups is 2. The molecule has 4 nitrogen and oxygen atoms in total. The molecule has 0 N–H and O–H groups in total. The normalized spacial score (nSPS) is 28.6. The molecule has 4 heteroatoms. The standard InChI is InChI=1S/C10H15NO3/c12-9-4-1-5-11(10(9)13)7-8-3-2-6-14-8/h8H,1-7H2. The van der Waals surface area contributed by atoms with Gasteiger partial charge in [-0.25, -0.2) is 0 Å². The maximum atomic E-state index is 11.4. The van der Waals surface area contributed by atoms with Gasteiger partial charge in [0.15, 0.2) is 0 Å². The molecule has 2 heterocycles. The van der Waals surface area contributed by atoms with Crippen LogP contribution in [0, 0.1) is 0 Å². The second-order valence-corrected chi connectivity index (χ2v) is 3.91. The van der Waals surface area contributed by atoms with Crippen molar-refractivity contribution >= 4 is 11.7 Å². The highest BCUT2D eigenvalue weighted by Gasteiger charge is 2.29. The molecule has 0 aromatic carbocycles. The SMILES string of the molecule is O=C1CCCN(CC2CCCO2)C1=O. The maximum Gasteiger partial charge on any atom is 0.290 e. The number of ether oxygens (including phenoxy) is 1. The molecule has 0 aromatic rings. The van der Waals surface area contributed by atoms with Gasteiger partial charge in [0, 0.05) is 26.1 Å². The molecule has 2 aliphatic heterocycles. The molecular weight excluding hydrogens is 182 g/mol. The van der Waals surface area contributed by atoms with Gasteiger partial charge in [0.1, 0.15) is 0 Å². The van der Waals surface area contributed by atoms with E-state index in [9.17, 15) is 9.59 Å². The van der Waals surface area contributed by atoms with Crippen molar-refractivity contribution in [2.45, 2.75) is 31.8 Å². The third-order valence-corrected chi connectivity index (χ3v) is 2.81. The van der Waals surface area contributed by atoms with Crippen LogP contribution < -0.4 is 0 Å². The Balaban J connectivity index is 1.89. The van der Waals surface area contributed by atoms with Crippen molar-refractivity contribution in [3.8, 4) is 0 Å². The van der Waals surface area contributed by atoms with Gasteiger partial charge in [0.25, 0.3) is 5.91 Å². The topological polar surface area (TPSA) is 46.6 Å². The highest BCUT2D eigenvalue weighted by atomic mass is 16.5. The summed E-state index contributed by atoms with van der Waals surface area (Å²) in [5, 5.41) is 0. The minimum atomic E-state index is -0.313. The molecule has 0 saturated carbocycles. The predicted molar refractivity (Wildman–Crippen MR) is 49.8 cm³/mol. The summed E-state index contributed by atoms with van der Waals surface area (Å²) in [4.78, 5) is 24.2. The molecule has 2 rings (SSSR count). The van der Waals surface area contributed by atoms with E-state index in [4.69, 9.17) is 4.74 Å². The fraction of sp³-hybridized carbons (Fsp3) is 0.800. The van der Waals surface area contributed by atoms with Crippen molar-refractivity contribution in [3.05, 3.63) is 0 Å². The Bertz CT molecular complexity index is 246. The highest BCUT2D eigenvalue weighted by molar-refractivity contribution is 6.36. The summed E-state index contributed by atoms with van der Waals surface area (Å²) in [7, 11) is 0. The second-order valence-electron chi connectivity index (χ2n) is 3.91. The molecule has 1 amide bonds.